The largest absolute Gasteiger partial charge is 0.508 e. The number of benzene rings is 2. The van der Waals surface area contributed by atoms with Crippen molar-refractivity contribution in [3.63, 3.8) is 0 Å². The van der Waals surface area contributed by atoms with Gasteiger partial charge in [-0.25, -0.2) is 0 Å². The number of anilines is 3. The number of hydrogen-bond donors (Lipinski definition) is 4. The number of fused-ring (bicyclic) bond motifs is 2. The molecule has 0 saturated heterocycles. The summed E-state index contributed by atoms with van der Waals surface area (Å²) in [4.78, 5) is 17.1. The highest BCUT2D eigenvalue weighted by atomic mass is 16.3. The fourth-order valence-corrected chi connectivity index (χ4v) is 4.67. The van der Waals surface area contributed by atoms with Gasteiger partial charge < -0.3 is 30.9 Å². The number of aromatic hydroxyl groups is 3. The van der Waals surface area contributed by atoms with E-state index in [0.717, 1.165) is 31.3 Å². The molecular formula is C31H41N3O4. The molecule has 0 aliphatic carbocycles. The summed E-state index contributed by atoms with van der Waals surface area (Å²) in [6.07, 6.45) is 11.0. The molecule has 2 aromatic rings. The summed E-state index contributed by atoms with van der Waals surface area (Å²) >= 11 is 0. The topological polar surface area (TPSA) is 110 Å². The monoisotopic (exact) mass is 519 g/mol. The Balaban J connectivity index is 1.91. The second-order valence-corrected chi connectivity index (χ2v) is 10.2. The van der Waals surface area contributed by atoms with Crippen molar-refractivity contribution in [1.82, 2.24) is 0 Å². The maximum absolute atomic E-state index is 13.8. The van der Waals surface area contributed by atoms with Gasteiger partial charge in [0.1, 0.15) is 22.9 Å². The van der Waals surface area contributed by atoms with Gasteiger partial charge in [-0.3, -0.25) is 4.79 Å². The number of carbonyl (C=O) groups excluding carboxylic acids is 1. The highest BCUT2D eigenvalue weighted by Gasteiger charge is 2.34. The molecule has 0 spiro atoms. The van der Waals surface area contributed by atoms with Crippen LogP contribution in [-0.2, 0) is 0 Å². The van der Waals surface area contributed by atoms with Crippen molar-refractivity contribution >= 4 is 23.0 Å². The molecule has 3 rings (SSSR count). The third kappa shape index (κ3) is 6.98. The summed E-state index contributed by atoms with van der Waals surface area (Å²) in [6.45, 7) is 9.46. The van der Waals surface area contributed by atoms with Gasteiger partial charge in [0.2, 0.25) is 0 Å². The molecule has 1 heterocycles. The fourth-order valence-electron chi connectivity index (χ4n) is 4.67. The number of rotatable bonds is 11. The zero-order valence-corrected chi connectivity index (χ0v) is 23.0. The summed E-state index contributed by atoms with van der Waals surface area (Å²) in [5, 5.41) is 32.0. The maximum atomic E-state index is 13.8. The number of allylic oxidation sites excluding steroid dienone is 5. The van der Waals surface area contributed by atoms with Crippen LogP contribution in [0.3, 0.4) is 0 Å². The zero-order valence-electron chi connectivity index (χ0n) is 23.0. The Bertz CT molecular complexity index is 1240. The zero-order chi connectivity index (χ0) is 27.8. The first kappa shape index (κ1) is 28.9. The lowest BCUT2D eigenvalue weighted by Gasteiger charge is -2.28. The van der Waals surface area contributed by atoms with E-state index in [1.54, 1.807) is 21.9 Å². The van der Waals surface area contributed by atoms with Gasteiger partial charge >= 0.3 is 0 Å². The second-order valence-electron chi connectivity index (χ2n) is 10.2. The Kier molecular flexibility index (Phi) is 10.0. The van der Waals surface area contributed by atoms with E-state index in [-0.39, 0.29) is 29.7 Å². The van der Waals surface area contributed by atoms with Crippen molar-refractivity contribution in [2.45, 2.75) is 59.8 Å². The van der Waals surface area contributed by atoms with E-state index in [1.165, 1.54) is 29.3 Å². The molecule has 7 heteroatoms. The molecule has 0 saturated carbocycles. The van der Waals surface area contributed by atoms with E-state index in [4.69, 9.17) is 5.73 Å². The van der Waals surface area contributed by atoms with Crippen LogP contribution >= 0.6 is 0 Å². The molecule has 38 heavy (non-hydrogen) atoms. The quantitative estimate of drug-likeness (QED) is 0.247. The average molecular weight is 520 g/mol. The molecule has 1 aliphatic heterocycles. The predicted molar refractivity (Wildman–Crippen MR) is 156 cm³/mol. The van der Waals surface area contributed by atoms with Gasteiger partial charge in [-0.1, -0.05) is 41.0 Å². The van der Waals surface area contributed by atoms with Gasteiger partial charge in [-0.05, 0) is 78.5 Å². The SMILES string of the molecule is CC(C)=CCCC(C)=CCCC(C)=CCN1C(=O)c2cccc(O)c2N(CCCN)c2c(O)cc(O)cc21. The molecule has 0 unspecified atom stereocenters. The molecule has 2 aromatic carbocycles. The number of nitrogens with two attached hydrogens (primary N) is 1. The maximum Gasteiger partial charge on any atom is 0.260 e. The number of amides is 1. The molecule has 0 radical (unpaired) electrons. The fraction of sp³-hybridized carbons (Fsp3) is 0.387. The molecule has 0 aromatic heterocycles. The Morgan fingerprint density at radius 3 is 2.24 bits per heavy atom. The van der Waals surface area contributed by atoms with Crippen LogP contribution in [0.25, 0.3) is 0 Å². The van der Waals surface area contributed by atoms with Crippen LogP contribution in [0.5, 0.6) is 17.2 Å². The first-order valence-electron chi connectivity index (χ1n) is 13.3. The van der Waals surface area contributed by atoms with Crippen molar-refractivity contribution in [1.29, 1.82) is 0 Å². The minimum atomic E-state index is -0.323. The van der Waals surface area contributed by atoms with Crippen molar-refractivity contribution < 1.29 is 20.1 Å². The molecule has 0 fully saturated rings. The predicted octanol–water partition coefficient (Wildman–Crippen LogP) is 6.67. The smallest absolute Gasteiger partial charge is 0.260 e. The van der Waals surface area contributed by atoms with Gasteiger partial charge in [0.15, 0.2) is 0 Å². The standard InChI is InChI=1S/C31H41N3O4/c1-21(2)9-5-10-22(3)11-6-12-23(4)15-18-33-26-19-24(35)20-28(37)30(26)34(17-8-16-32)29-25(31(33)38)13-7-14-27(29)36/h7,9,11,13-15,19-20,35-37H,5-6,8,10,12,16-18,32H2,1-4H3. The Morgan fingerprint density at radius 1 is 0.868 bits per heavy atom. The van der Waals surface area contributed by atoms with Gasteiger partial charge in [0, 0.05) is 25.2 Å². The van der Waals surface area contributed by atoms with Gasteiger partial charge in [0.05, 0.1) is 16.9 Å². The second kappa shape index (κ2) is 13.2. The van der Waals surface area contributed by atoms with Crippen molar-refractivity contribution in [3.05, 3.63) is 70.8 Å². The first-order valence-corrected chi connectivity index (χ1v) is 13.3. The summed E-state index contributed by atoms with van der Waals surface area (Å²) in [7, 11) is 0. The van der Waals surface area contributed by atoms with E-state index in [1.807, 2.05) is 13.0 Å². The van der Waals surface area contributed by atoms with Crippen LogP contribution < -0.4 is 15.5 Å². The summed E-state index contributed by atoms with van der Waals surface area (Å²) in [6, 6.07) is 7.55. The summed E-state index contributed by atoms with van der Waals surface area (Å²) in [5.41, 5.74) is 11.0. The third-order valence-corrected chi connectivity index (χ3v) is 6.71. The normalized spacial score (nSPS) is 13.8. The molecule has 0 atom stereocenters. The molecule has 5 N–H and O–H groups in total. The lowest BCUT2D eigenvalue weighted by Crippen LogP contribution is -2.30. The van der Waals surface area contributed by atoms with Gasteiger partial charge in [-0.2, -0.15) is 0 Å². The summed E-state index contributed by atoms with van der Waals surface area (Å²) in [5.74, 6) is -0.717. The summed E-state index contributed by atoms with van der Waals surface area (Å²) < 4.78 is 0. The Hall–Kier alpha value is -3.71. The number of phenolic OH excluding ortho intramolecular Hbond substituents is 3. The van der Waals surface area contributed by atoms with Crippen LogP contribution in [0.15, 0.2) is 65.3 Å². The Labute approximate surface area is 226 Å². The minimum absolute atomic E-state index is 0.0633. The number of hydrogen-bond acceptors (Lipinski definition) is 6. The molecule has 0 bridgehead atoms. The van der Waals surface area contributed by atoms with E-state index in [0.29, 0.717) is 42.1 Å². The van der Waals surface area contributed by atoms with Gasteiger partial charge in [-0.15, -0.1) is 0 Å². The van der Waals surface area contributed by atoms with Crippen LogP contribution in [0.1, 0.15) is 70.2 Å². The van der Waals surface area contributed by atoms with Crippen LogP contribution in [0.4, 0.5) is 17.1 Å². The number of nitrogens with zero attached hydrogens (tertiary/aromatic N) is 2. The average Bonchev–Trinajstić information content (AvgIpc) is 2.94. The van der Waals surface area contributed by atoms with E-state index in [2.05, 4.69) is 32.9 Å². The highest BCUT2D eigenvalue weighted by molar-refractivity contribution is 6.15. The third-order valence-electron chi connectivity index (χ3n) is 6.71. The number of phenols is 3. The van der Waals surface area contributed by atoms with Crippen LogP contribution in [0.2, 0.25) is 0 Å². The van der Waals surface area contributed by atoms with Crippen LogP contribution in [0, 0.1) is 0 Å². The van der Waals surface area contributed by atoms with E-state index in [9.17, 15) is 20.1 Å². The molecule has 1 amide bonds. The van der Waals surface area contributed by atoms with E-state index < -0.39 is 0 Å². The molecule has 1 aliphatic rings. The Morgan fingerprint density at radius 2 is 1.55 bits per heavy atom. The lowest BCUT2D eigenvalue weighted by atomic mass is 10.1. The molecular weight excluding hydrogens is 478 g/mol. The number of carbonyl (C=O) groups is 1. The lowest BCUT2D eigenvalue weighted by molar-refractivity contribution is 0.0990. The van der Waals surface area contributed by atoms with Crippen molar-refractivity contribution in [3.8, 4) is 17.2 Å². The molecule has 7 nitrogen and oxygen atoms in total. The van der Waals surface area contributed by atoms with Gasteiger partial charge in [0.25, 0.3) is 5.91 Å². The number of para-hydroxylation sites is 1. The highest BCUT2D eigenvalue weighted by Crippen LogP contribution is 2.50. The van der Waals surface area contributed by atoms with Crippen molar-refractivity contribution in [2.24, 2.45) is 5.73 Å². The van der Waals surface area contributed by atoms with Crippen LogP contribution in [-0.4, -0.2) is 40.9 Å². The first-order chi connectivity index (χ1) is 18.1. The van der Waals surface area contributed by atoms with Crippen molar-refractivity contribution in [2.75, 3.05) is 29.4 Å². The minimum Gasteiger partial charge on any atom is -0.508 e. The van der Waals surface area contributed by atoms with E-state index >= 15 is 0 Å². The molecule has 204 valence electrons.